The van der Waals surface area contributed by atoms with Gasteiger partial charge in [-0.3, -0.25) is 10.1 Å². The first kappa shape index (κ1) is 17.0. The molecule has 0 radical (unpaired) electrons. The first-order chi connectivity index (χ1) is 9.85. The molecule has 116 valence electrons. The van der Waals surface area contributed by atoms with Crippen molar-refractivity contribution >= 4 is 29.4 Å². The van der Waals surface area contributed by atoms with E-state index in [0.717, 1.165) is 11.5 Å². The van der Waals surface area contributed by atoms with Crippen molar-refractivity contribution in [1.29, 1.82) is 0 Å². The third-order valence-electron chi connectivity index (χ3n) is 2.39. The van der Waals surface area contributed by atoms with Gasteiger partial charge in [-0.25, -0.2) is 9.59 Å². The zero-order valence-corrected chi connectivity index (χ0v) is 13.1. The molecule has 9 heteroatoms. The summed E-state index contributed by atoms with van der Waals surface area (Å²) < 4.78 is 8.68. The van der Waals surface area contributed by atoms with Gasteiger partial charge in [0.05, 0.1) is 5.69 Å². The molecule has 1 aromatic rings. The van der Waals surface area contributed by atoms with Gasteiger partial charge in [0.2, 0.25) is 0 Å². The van der Waals surface area contributed by atoms with E-state index in [-0.39, 0.29) is 10.9 Å². The zero-order valence-electron chi connectivity index (χ0n) is 12.3. The Morgan fingerprint density at radius 1 is 1.29 bits per heavy atom. The number of amides is 3. The second-order valence-electron chi connectivity index (χ2n) is 4.57. The Morgan fingerprint density at radius 3 is 2.52 bits per heavy atom. The van der Waals surface area contributed by atoms with E-state index in [1.807, 2.05) is 6.92 Å². The molecule has 0 saturated carbocycles. The van der Waals surface area contributed by atoms with Crippen molar-refractivity contribution < 1.29 is 19.1 Å². The summed E-state index contributed by atoms with van der Waals surface area (Å²) in [6, 6.07) is -0.738. The van der Waals surface area contributed by atoms with Crippen LogP contribution in [-0.4, -0.2) is 39.6 Å². The van der Waals surface area contributed by atoms with Crippen LogP contribution in [0, 0.1) is 0 Å². The van der Waals surface area contributed by atoms with Gasteiger partial charge in [-0.2, -0.15) is 0 Å². The normalized spacial score (nSPS) is 11.9. The van der Waals surface area contributed by atoms with Gasteiger partial charge in [0.15, 0.2) is 11.0 Å². The van der Waals surface area contributed by atoms with Gasteiger partial charge in [0.25, 0.3) is 5.91 Å². The predicted molar refractivity (Wildman–Crippen MR) is 76.0 cm³/mol. The summed E-state index contributed by atoms with van der Waals surface area (Å²) in [7, 11) is 0. The topological polar surface area (TPSA) is 110 Å². The number of ether oxygens (including phenoxy) is 1. The summed E-state index contributed by atoms with van der Waals surface area (Å²) >= 11 is 0.912. The van der Waals surface area contributed by atoms with E-state index in [0.29, 0.717) is 12.1 Å². The van der Waals surface area contributed by atoms with Gasteiger partial charge in [-0.05, 0) is 38.7 Å². The number of hydrogen-bond acceptors (Lipinski definition) is 7. The van der Waals surface area contributed by atoms with Gasteiger partial charge in [-0.1, -0.05) is 11.4 Å². The molecule has 0 saturated heterocycles. The van der Waals surface area contributed by atoms with Crippen molar-refractivity contribution in [3.63, 3.8) is 0 Å². The number of aromatic nitrogens is 2. The third-order valence-corrected chi connectivity index (χ3v) is 3.13. The Kier molecular flexibility index (Phi) is 6.22. The smallest absolute Gasteiger partial charge is 0.352 e. The lowest BCUT2D eigenvalue weighted by atomic mass is 10.3. The SMILES string of the molecule is CCc1nnsc1C(=O)O[C@@H](C)C(=O)NC(=O)NC(C)C. The second-order valence-corrected chi connectivity index (χ2v) is 5.32. The maximum atomic E-state index is 11.9. The number of nitrogens with zero attached hydrogens (tertiary/aromatic N) is 2. The Balaban J connectivity index is 2.56. The second kappa shape index (κ2) is 7.67. The molecule has 0 fully saturated rings. The first-order valence-corrected chi connectivity index (χ1v) is 7.26. The number of carbonyl (C=O) groups excluding carboxylic acids is 3. The quantitative estimate of drug-likeness (QED) is 0.781. The van der Waals surface area contributed by atoms with E-state index in [9.17, 15) is 14.4 Å². The molecule has 0 aromatic carbocycles. The van der Waals surface area contributed by atoms with Crippen LogP contribution in [0.4, 0.5) is 4.79 Å². The molecule has 1 atom stereocenters. The lowest BCUT2D eigenvalue weighted by molar-refractivity contribution is -0.127. The van der Waals surface area contributed by atoms with E-state index >= 15 is 0 Å². The molecular formula is C12H18N4O4S. The van der Waals surface area contributed by atoms with Gasteiger partial charge >= 0.3 is 12.0 Å². The highest BCUT2D eigenvalue weighted by atomic mass is 32.1. The van der Waals surface area contributed by atoms with Gasteiger partial charge in [0.1, 0.15) is 0 Å². The maximum absolute atomic E-state index is 11.9. The number of hydrogen-bond donors (Lipinski definition) is 2. The molecule has 0 bridgehead atoms. The van der Waals surface area contributed by atoms with E-state index in [1.54, 1.807) is 13.8 Å². The fourth-order valence-electron chi connectivity index (χ4n) is 1.37. The van der Waals surface area contributed by atoms with Crippen molar-refractivity contribution in [1.82, 2.24) is 20.2 Å². The Labute approximate surface area is 126 Å². The van der Waals surface area contributed by atoms with Crippen LogP contribution in [0.15, 0.2) is 0 Å². The zero-order chi connectivity index (χ0) is 16.0. The third kappa shape index (κ3) is 5.10. The summed E-state index contributed by atoms with van der Waals surface area (Å²) in [5.41, 5.74) is 0.523. The first-order valence-electron chi connectivity index (χ1n) is 6.48. The van der Waals surface area contributed by atoms with Crippen molar-refractivity contribution in [2.45, 2.75) is 46.3 Å². The minimum atomic E-state index is -1.10. The molecule has 21 heavy (non-hydrogen) atoms. The van der Waals surface area contributed by atoms with E-state index in [4.69, 9.17) is 4.74 Å². The summed E-state index contributed by atoms with van der Waals surface area (Å²) in [5.74, 6) is -1.37. The van der Waals surface area contributed by atoms with E-state index in [2.05, 4.69) is 20.2 Å². The van der Waals surface area contributed by atoms with Crippen LogP contribution >= 0.6 is 11.5 Å². The summed E-state index contributed by atoms with van der Waals surface area (Å²) in [6.45, 7) is 6.74. The lowest BCUT2D eigenvalue weighted by Crippen LogP contribution is -2.46. The Bertz CT molecular complexity index is 529. The van der Waals surface area contributed by atoms with Crippen LogP contribution in [-0.2, 0) is 16.0 Å². The van der Waals surface area contributed by atoms with Gasteiger partial charge in [0, 0.05) is 6.04 Å². The standard InChI is InChI=1S/C12H18N4O4S/c1-5-8-9(21-16-15-8)11(18)20-7(4)10(17)14-12(19)13-6(2)3/h6-7H,5H2,1-4H3,(H2,13,14,17,19)/t7-/m0/s1. The molecule has 3 amide bonds. The summed E-state index contributed by atoms with van der Waals surface area (Å²) in [5, 5.41) is 8.39. The summed E-state index contributed by atoms with van der Waals surface area (Å²) in [4.78, 5) is 35.3. The monoisotopic (exact) mass is 314 g/mol. The average Bonchev–Trinajstić information content (AvgIpc) is 2.85. The molecule has 1 rings (SSSR count). The fraction of sp³-hybridized carbons (Fsp3) is 0.583. The highest BCUT2D eigenvalue weighted by Gasteiger charge is 2.24. The number of imide groups is 1. The number of esters is 1. The van der Waals surface area contributed by atoms with Crippen LogP contribution < -0.4 is 10.6 Å². The molecule has 1 heterocycles. The Hall–Kier alpha value is -2.03. The highest BCUT2D eigenvalue weighted by Crippen LogP contribution is 2.13. The van der Waals surface area contributed by atoms with Crippen LogP contribution in [0.25, 0.3) is 0 Å². The van der Waals surface area contributed by atoms with Crippen molar-refractivity contribution in [3.05, 3.63) is 10.6 Å². The predicted octanol–water partition coefficient (Wildman–Crippen LogP) is 0.880. The van der Waals surface area contributed by atoms with Crippen LogP contribution in [0.3, 0.4) is 0 Å². The molecule has 2 N–H and O–H groups in total. The molecule has 8 nitrogen and oxygen atoms in total. The van der Waals surface area contributed by atoms with Crippen molar-refractivity contribution in [2.24, 2.45) is 0 Å². The van der Waals surface area contributed by atoms with Gasteiger partial charge < -0.3 is 10.1 Å². The number of rotatable bonds is 5. The number of urea groups is 1. The number of carbonyl (C=O) groups is 3. The molecule has 0 unspecified atom stereocenters. The maximum Gasteiger partial charge on any atom is 0.352 e. The van der Waals surface area contributed by atoms with Crippen LogP contribution in [0.2, 0.25) is 0 Å². The van der Waals surface area contributed by atoms with Crippen LogP contribution in [0.5, 0.6) is 0 Å². The minimum Gasteiger partial charge on any atom is -0.448 e. The molecule has 0 spiro atoms. The number of nitrogens with one attached hydrogen (secondary N) is 2. The molecule has 1 aromatic heterocycles. The van der Waals surface area contributed by atoms with E-state index < -0.39 is 24.0 Å². The Morgan fingerprint density at radius 2 is 1.95 bits per heavy atom. The largest absolute Gasteiger partial charge is 0.448 e. The lowest BCUT2D eigenvalue weighted by Gasteiger charge is -2.14. The molecule has 0 aliphatic heterocycles. The highest BCUT2D eigenvalue weighted by molar-refractivity contribution is 7.07. The van der Waals surface area contributed by atoms with Crippen LogP contribution in [0.1, 0.15) is 43.1 Å². The van der Waals surface area contributed by atoms with Crippen molar-refractivity contribution in [3.8, 4) is 0 Å². The molecule has 0 aliphatic rings. The number of aryl methyl sites for hydroxylation is 1. The van der Waals surface area contributed by atoms with Gasteiger partial charge in [-0.15, -0.1) is 5.10 Å². The van der Waals surface area contributed by atoms with Crippen molar-refractivity contribution in [2.75, 3.05) is 0 Å². The average molecular weight is 314 g/mol. The minimum absolute atomic E-state index is 0.106. The fourth-order valence-corrected chi connectivity index (χ4v) is 2.01. The summed E-state index contributed by atoms with van der Waals surface area (Å²) in [6.07, 6.45) is -0.555. The molecular weight excluding hydrogens is 296 g/mol. The molecule has 0 aliphatic carbocycles. The van der Waals surface area contributed by atoms with E-state index in [1.165, 1.54) is 6.92 Å².